The highest BCUT2D eigenvalue weighted by Crippen LogP contribution is 2.19. The predicted octanol–water partition coefficient (Wildman–Crippen LogP) is 3.44. The van der Waals surface area contributed by atoms with Gasteiger partial charge in [-0.2, -0.15) is 15.0 Å². The van der Waals surface area contributed by atoms with Crippen molar-refractivity contribution in [2.24, 2.45) is 0 Å². The quantitative estimate of drug-likeness (QED) is 0.361. The molecule has 0 aliphatic carbocycles. The van der Waals surface area contributed by atoms with Gasteiger partial charge < -0.3 is 16.0 Å². The summed E-state index contributed by atoms with van der Waals surface area (Å²) in [6.07, 6.45) is 0. The average molecular weight is 389 g/mol. The highest BCUT2D eigenvalue weighted by molar-refractivity contribution is 7.80. The molecule has 1 heterocycles. The number of hydrogen-bond acceptors (Lipinski definition) is 7. The van der Waals surface area contributed by atoms with Crippen molar-refractivity contribution in [1.29, 1.82) is 0 Å². The molecule has 0 saturated heterocycles. The Morgan fingerprint density at radius 1 is 0.852 bits per heavy atom. The summed E-state index contributed by atoms with van der Waals surface area (Å²) in [5, 5.41) is 9.98. The molecule has 0 bridgehead atoms. The Hall–Kier alpha value is -2.68. The summed E-state index contributed by atoms with van der Waals surface area (Å²) in [4.78, 5) is 13.1. The van der Waals surface area contributed by atoms with Crippen LogP contribution in [0.15, 0.2) is 18.2 Å². The number of hydrogen-bond donors (Lipinski definition) is 5. The highest BCUT2D eigenvalue weighted by Gasteiger charge is 2.09. The molecule has 0 unspecified atom stereocenters. The first kappa shape index (κ1) is 20.6. The van der Waals surface area contributed by atoms with Crippen LogP contribution in [0.25, 0.3) is 0 Å². The third kappa shape index (κ3) is 6.52. The molecule has 0 radical (unpaired) electrons. The van der Waals surface area contributed by atoms with Crippen LogP contribution in [-0.2, 0) is 0 Å². The van der Waals surface area contributed by atoms with E-state index < -0.39 is 0 Å². The van der Waals surface area contributed by atoms with E-state index in [9.17, 15) is 0 Å². The second kappa shape index (κ2) is 9.31. The lowest BCUT2D eigenvalue weighted by Gasteiger charge is -2.16. The van der Waals surface area contributed by atoms with E-state index in [0.29, 0.717) is 23.0 Å². The summed E-state index contributed by atoms with van der Waals surface area (Å²) in [5.74, 6) is 1.34. The highest BCUT2D eigenvalue weighted by atomic mass is 32.1. The van der Waals surface area contributed by atoms with Gasteiger partial charge >= 0.3 is 0 Å². The molecule has 0 saturated carbocycles. The topological polar surface area (TPSA) is 98.8 Å². The number of rotatable bonds is 7. The molecule has 2 rings (SSSR count). The normalized spacial score (nSPS) is 10.7. The van der Waals surface area contributed by atoms with Crippen LogP contribution in [0, 0.1) is 13.8 Å². The Labute approximate surface area is 166 Å². The number of thiocarbonyl (C=S) groups is 1. The average Bonchev–Trinajstić information content (AvgIpc) is 2.55. The first-order valence-corrected chi connectivity index (χ1v) is 9.33. The largest absolute Gasteiger partial charge is 0.352 e. The first-order valence-electron chi connectivity index (χ1n) is 8.93. The van der Waals surface area contributed by atoms with Crippen molar-refractivity contribution in [3.05, 3.63) is 29.3 Å². The van der Waals surface area contributed by atoms with Crippen LogP contribution in [0.4, 0.5) is 23.5 Å². The van der Waals surface area contributed by atoms with E-state index in [0.717, 1.165) is 16.8 Å². The second-order valence-corrected chi connectivity index (χ2v) is 7.28. The van der Waals surface area contributed by atoms with Crippen molar-refractivity contribution < 1.29 is 0 Å². The Morgan fingerprint density at radius 2 is 1.33 bits per heavy atom. The van der Waals surface area contributed by atoms with Crippen LogP contribution in [0.5, 0.6) is 0 Å². The van der Waals surface area contributed by atoms with Gasteiger partial charge in [0, 0.05) is 17.8 Å². The van der Waals surface area contributed by atoms with Gasteiger partial charge in [0.25, 0.3) is 0 Å². The minimum absolute atomic E-state index is 0.201. The van der Waals surface area contributed by atoms with E-state index >= 15 is 0 Å². The van der Waals surface area contributed by atoms with Crippen LogP contribution in [-0.4, -0.2) is 32.1 Å². The van der Waals surface area contributed by atoms with E-state index in [1.54, 1.807) is 0 Å². The molecule has 0 amide bonds. The molecule has 0 aliphatic heterocycles. The number of nitrogens with one attached hydrogen (secondary N) is 5. The van der Waals surface area contributed by atoms with Gasteiger partial charge in [0.05, 0.1) is 0 Å². The third-order valence-corrected chi connectivity index (χ3v) is 3.68. The molecule has 1 aromatic carbocycles. The lowest BCUT2D eigenvalue weighted by Crippen LogP contribution is -2.34. The van der Waals surface area contributed by atoms with Gasteiger partial charge in [0.15, 0.2) is 5.11 Å². The smallest absolute Gasteiger partial charge is 0.248 e. The Morgan fingerprint density at radius 3 is 1.81 bits per heavy atom. The lowest BCUT2D eigenvalue weighted by atomic mass is 10.1. The van der Waals surface area contributed by atoms with Gasteiger partial charge in [-0.1, -0.05) is 18.2 Å². The maximum atomic E-state index is 5.37. The molecular formula is C18H28N8S. The summed E-state index contributed by atoms with van der Waals surface area (Å²) in [6, 6.07) is 6.48. The van der Waals surface area contributed by atoms with Gasteiger partial charge in [-0.25, -0.2) is 0 Å². The molecule has 0 fully saturated rings. The lowest BCUT2D eigenvalue weighted by molar-refractivity contribution is 0.842. The molecule has 0 atom stereocenters. The van der Waals surface area contributed by atoms with Crippen LogP contribution in [0.2, 0.25) is 0 Å². The zero-order valence-corrected chi connectivity index (χ0v) is 17.5. The predicted molar refractivity (Wildman–Crippen MR) is 116 cm³/mol. The number of para-hydroxylation sites is 1. The third-order valence-electron chi connectivity index (χ3n) is 3.48. The van der Waals surface area contributed by atoms with Crippen molar-refractivity contribution in [3.63, 3.8) is 0 Å². The number of hydrazine groups is 1. The molecule has 2 aromatic rings. The Kier molecular flexibility index (Phi) is 7.12. The summed E-state index contributed by atoms with van der Waals surface area (Å²) in [7, 11) is 0. The van der Waals surface area contributed by atoms with E-state index in [1.807, 2.05) is 59.7 Å². The van der Waals surface area contributed by atoms with Gasteiger partial charge in [-0.15, -0.1) is 0 Å². The van der Waals surface area contributed by atoms with Gasteiger partial charge in [-0.05, 0) is 64.9 Å². The molecule has 9 heteroatoms. The fourth-order valence-corrected chi connectivity index (χ4v) is 2.50. The number of benzene rings is 1. The number of nitrogens with zero attached hydrogens (tertiary/aromatic N) is 3. The zero-order chi connectivity index (χ0) is 20.0. The minimum Gasteiger partial charge on any atom is -0.352 e. The Balaban J connectivity index is 2.08. The fraction of sp³-hybridized carbons (Fsp3) is 0.444. The van der Waals surface area contributed by atoms with Crippen LogP contribution in [0.3, 0.4) is 0 Å². The van der Waals surface area contributed by atoms with Crippen molar-refractivity contribution >= 4 is 40.9 Å². The standard InChI is InChI=1S/C18H28N8S/c1-10(2)19-15-22-16(20-11(3)4)24-17(23-15)25-26-18(27)21-14-12(5)8-7-9-13(14)6/h7-11H,1-6H3,(H2,21,26,27)(H3,19,20,22,23,24,25). The minimum atomic E-state index is 0.201. The fourth-order valence-electron chi connectivity index (χ4n) is 2.35. The molecule has 0 aliphatic rings. The molecule has 1 aromatic heterocycles. The second-order valence-electron chi connectivity index (χ2n) is 6.88. The van der Waals surface area contributed by atoms with Crippen molar-refractivity contribution in [2.45, 2.75) is 53.6 Å². The molecular weight excluding hydrogens is 360 g/mol. The molecule has 146 valence electrons. The first-order chi connectivity index (χ1) is 12.7. The molecule has 5 N–H and O–H groups in total. The van der Waals surface area contributed by atoms with Crippen molar-refractivity contribution in [3.8, 4) is 0 Å². The molecule has 27 heavy (non-hydrogen) atoms. The zero-order valence-electron chi connectivity index (χ0n) is 16.6. The SMILES string of the molecule is Cc1cccc(C)c1NC(=S)NNc1nc(NC(C)C)nc(NC(C)C)n1. The Bertz CT molecular complexity index is 742. The van der Waals surface area contributed by atoms with Gasteiger partial charge in [0.2, 0.25) is 17.8 Å². The maximum absolute atomic E-state index is 5.37. The van der Waals surface area contributed by atoms with Gasteiger partial charge in [-0.3, -0.25) is 10.9 Å². The van der Waals surface area contributed by atoms with Crippen molar-refractivity contribution in [1.82, 2.24) is 20.4 Å². The summed E-state index contributed by atoms with van der Waals surface area (Å²) in [5.41, 5.74) is 9.08. The van der Waals surface area contributed by atoms with E-state index in [4.69, 9.17) is 12.2 Å². The summed E-state index contributed by atoms with van der Waals surface area (Å²) < 4.78 is 0. The number of anilines is 4. The number of aromatic nitrogens is 3. The summed E-state index contributed by atoms with van der Waals surface area (Å²) in [6.45, 7) is 12.2. The van der Waals surface area contributed by atoms with Crippen LogP contribution < -0.4 is 26.8 Å². The van der Waals surface area contributed by atoms with Crippen LogP contribution in [0.1, 0.15) is 38.8 Å². The van der Waals surface area contributed by atoms with E-state index in [-0.39, 0.29) is 12.1 Å². The molecule has 8 nitrogen and oxygen atoms in total. The van der Waals surface area contributed by atoms with Gasteiger partial charge in [0.1, 0.15) is 0 Å². The molecule has 0 spiro atoms. The maximum Gasteiger partial charge on any atom is 0.248 e. The number of aryl methyl sites for hydroxylation is 2. The van der Waals surface area contributed by atoms with E-state index in [1.165, 1.54) is 0 Å². The van der Waals surface area contributed by atoms with E-state index in [2.05, 4.69) is 41.8 Å². The van der Waals surface area contributed by atoms with Crippen LogP contribution >= 0.6 is 12.2 Å². The summed E-state index contributed by atoms with van der Waals surface area (Å²) >= 11 is 5.37. The monoisotopic (exact) mass is 388 g/mol. The van der Waals surface area contributed by atoms with Crippen molar-refractivity contribution in [2.75, 3.05) is 21.4 Å².